The molecule has 5 rings (SSSR count). The summed E-state index contributed by atoms with van der Waals surface area (Å²) in [5.74, 6) is 1.42. The molecular formula is C22H25N9O2. The molecular weight excluding hydrogens is 422 g/mol. The molecule has 3 N–H and O–H groups in total. The second kappa shape index (κ2) is 9.25. The van der Waals surface area contributed by atoms with E-state index < -0.39 is 0 Å². The summed E-state index contributed by atoms with van der Waals surface area (Å²) in [7, 11) is 1.59. The Balaban J connectivity index is 1.41. The first-order chi connectivity index (χ1) is 16.2. The number of rotatable bonds is 8. The Kier molecular flexibility index (Phi) is 5.85. The number of hydrogen-bond acceptors (Lipinski definition) is 8. The lowest BCUT2D eigenvalue weighted by atomic mass is 10.1. The fourth-order valence-electron chi connectivity index (χ4n) is 4.00. The van der Waals surface area contributed by atoms with E-state index in [9.17, 15) is 4.79 Å². The van der Waals surface area contributed by atoms with Gasteiger partial charge < -0.3 is 20.3 Å². The fraction of sp³-hybridized carbons (Fsp3) is 0.318. The maximum Gasteiger partial charge on any atom is 0.269 e. The largest absolute Gasteiger partial charge is 0.383 e. The van der Waals surface area contributed by atoms with E-state index >= 15 is 0 Å². The first-order valence-corrected chi connectivity index (χ1v) is 10.8. The molecule has 0 aromatic carbocycles. The van der Waals surface area contributed by atoms with Crippen LogP contribution in [-0.4, -0.2) is 62.3 Å². The third kappa shape index (κ3) is 4.35. The lowest BCUT2D eigenvalue weighted by molar-refractivity contribution is 0.0932. The molecule has 1 fully saturated rings. The van der Waals surface area contributed by atoms with Gasteiger partial charge in [-0.1, -0.05) is 6.07 Å². The maximum absolute atomic E-state index is 12.2. The zero-order chi connectivity index (χ0) is 22.6. The topological polar surface area (TPSA) is 125 Å². The van der Waals surface area contributed by atoms with Gasteiger partial charge in [-0.3, -0.25) is 19.3 Å². The maximum atomic E-state index is 12.2. The van der Waals surface area contributed by atoms with Gasteiger partial charge >= 0.3 is 0 Å². The van der Waals surface area contributed by atoms with Gasteiger partial charge in [0.05, 0.1) is 18.3 Å². The first kappa shape index (κ1) is 20.9. The van der Waals surface area contributed by atoms with Gasteiger partial charge in [0.1, 0.15) is 11.3 Å². The lowest BCUT2D eigenvalue weighted by Gasteiger charge is -2.24. The molecule has 1 atom stereocenters. The van der Waals surface area contributed by atoms with Gasteiger partial charge in [-0.15, -0.1) is 0 Å². The number of ether oxygens (including phenoxy) is 1. The molecule has 4 aromatic heterocycles. The number of fused-ring (bicyclic) bond motifs is 1. The highest BCUT2D eigenvalue weighted by Gasteiger charge is 2.29. The molecule has 1 saturated heterocycles. The minimum absolute atomic E-state index is 0.129. The van der Waals surface area contributed by atoms with E-state index in [2.05, 4.69) is 30.7 Å². The Labute approximate surface area is 190 Å². The standard InChI is InChI=1S/C22H25N9O2/c1-33-13-10-24-20(32)16-14-18(29-28-16)25-21-27-22(26-19-8-5-12-31(19)21)30-11-4-7-17(30)15-6-2-3-9-23-15/h2-3,5-6,8-9,12,14,17H,4,7,10-11,13H2,1H3,(H,24,32)(H2,25,26,27,28,29). The number of H-pyrrole nitrogens is 1. The summed E-state index contributed by atoms with van der Waals surface area (Å²) in [6, 6.07) is 11.6. The minimum atomic E-state index is -0.252. The SMILES string of the molecule is COCCNC(=O)c1cc(Nc2nc(N3CCCC3c3ccccn3)nc3cccn23)n[nH]1. The van der Waals surface area contributed by atoms with Crippen molar-refractivity contribution in [1.82, 2.24) is 34.9 Å². The van der Waals surface area contributed by atoms with Crippen LogP contribution in [0.25, 0.3) is 5.65 Å². The monoisotopic (exact) mass is 447 g/mol. The van der Waals surface area contributed by atoms with Crippen molar-refractivity contribution in [3.05, 3.63) is 60.2 Å². The van der Waals surface area contributed by atoms with Crippen molar-refractivity contribution in [3.63, 3.8) is 0 Å². The zero-order valence-corrected chi connectivity index (χ0v) is 18.2. The molecule has 0 spiro atoms. The van der Waals surface area contributed by atoms with Crippen molar-refractivity contribution >= 4 is 29.3 Å². The summed E-state index contributed by atoms with van der Waals surface area (Å²) in [5, 5.41) is 13.0. The van der Waals surface area contributed by atoms with Crippen LogP contribution in [0.3, 0.4) is 0 Å². The van der Waals surface area contributed by atoms with E-state index in [0.717, 1.165) is 30.7 Å². The predicted molar refractivity (Wildman–Crippen MR) is 123 cm³/mol. The van der Waals surface area contributed by atoms with Crippen LogP contribution in [0.4, 0.5) is 17.7 Å². The molecule has 0 saturated carbocycles. The van der Waals surface area contributed by atoms with E-state index in [1.807, 2.05) is 47.1 Å². The average molecular weight is 448 g/mol. The third-order valence-electron chi connectivity index (χ3n) is 5.57. The highest BCUT2D eigenvalue weighted by atomic mass is 16.5. The van der Waals surface area contributed by atoms with Crippen molar-refractivity contribution in [1.29, 1.82) is 0 Å². The summed E-state index contributed by atoms with van der Waals surface area (Å²) in [6.07, 6.45) is 5.74. The van der Waals surface area contributed by atoms with Gasteiger partial charge in [-0.25, -0.2) is 0 Å². The lowest BCUT2D eigenvalue weighted by Crippen LogP contribution is -2.27. The third-order valence-corrected chi connectivity index (χ3v) is 5.57. The van der Waals surface area contributed by atoms with Crippen molar-refractivity contribution < 1.29 is 9.53 Å². The second-order valence-electron chi connectivity index (χ2n) is 7.73. The van der Waals surface area contributed by atoms with Crippen LogP contribution in [0.15, 0.2) is 48.8 Å². The van der Waals surface area contributed by atoms with Crippen LogP contribution in [0, 0.1) is 0 Å². The summed E-state index contributed by atoms with van der Waals surface area (Å²) in [6.45, 7) is 1.71. The average Bonchev–Trinajstić information content (AvgIpc) is 3.60. The van der Waals surface area contributed by atoms with Gasteiger partial charge in [0.25, 0.3) is 5.91 Å². The van der Waals surface area contributed by atoms with Crippen LogP contribution < -0.4 is 15.5 Å². The molecule has 0 bridgehead atoms. The molecule has 5 heterocycles. The molecule has 11 nitrogen and oxygen atoms in total. The molecule has 1 unspecified atom stereocenters. The van der Waals surface area contributed by atoms with Crippen molar-refractivity contribution in [2.75, 3.05) is 37.0 Å². The van der Waals surface area contributed by atoms with Crippen molar-refractivity contribution in [3.8, 4) is 0 Å². The Morgan fingerprint density at radius 3 is 3.06 bits per heavy atom. The van der Waals surface area contributed by atoms with E-state index in [1.165, 1.54) is 0 Å². The number of pyridine rings is 1. The Morgan fingerprint density at radius 2 is 2.21 bits per heavy atom. The fourth-order valence-corrected chi connectivity index (χ4v) is 4.00. The smallest absolute Gasteiger partial charge is 0.269 e. The second-order valence-corrected chi connectivity index (χ2v) is 7.73. The first-order valence-electron chi connectivity index (χ1n) is 10.8. The van der Waals surface area contributed by atoms with Gasteiger partial charge in [-0.2, -0.15) is 15.1 Å². The van der Waals surface area contributed by atoms with Gasteiger partial charge in [0.2, 0.25) is 11.9 Å². The highest BCUT2D eigenvalue weighted by Crippen LogP contribution is 2.34. The summed E-state index contributed by atoms with van der Waals surface area (Å²) < 4.78 is 6.81. The van der Waals surface area contributed by atoms with Crippen LogP contribution in [0.5, 0.6) is 0 Å². The number of aromatic nitrogens is 6. The number of methoxy groups -OCH3 is 1. The minimum Gasteiger partial charge on any atom is -0.383 e. The highest BCUT2D eigenvalue weighted by molar-refractivity contribution is 5.93. The number of anilines is 3. The molecule has 33 heavy (non-hydrogen) atoms. The summed E-state index contributed by atoms with van der Waals surface area (Å²) in [5.41, 5.74) is 2.13. The molecule has 1 aliphatic rings. The number of nitrogens with zero attached hydrogens (tertiary/aromatic N) is 6. The molecule has 170 valence electrons. The summed E-state index contributed by atoms with van der Waals surface area (Å²) >= 11 is 0. The van der Waals surface area contributed by atoms with Gasteiger partial charge in [0.15, 0.2) is 5.82 Å². The number of carbonyl (C=O) groups is 1. The number of hydrogen-bond donors (Lipinski definition) is 3. The molecule has 4 aromatic rings. The Bertz CT molecular complexity index is 1240. The summed E-state index contributed by atoms with van der Waals surface area (Å²) in [4.78, 5) is 28.6. The normalized spacial score (nSPS) is 15.8. The van der Waals surface area contributed by atoms with Crippen LogP contribution in [0.1, 0.15) is 35.1 Å². The predicted octanol–water partition coefficient (Wildman–Crippen LogP) is 2.31. The van der Waals surface area contributed by atoms with Gasteiger partial charge in [-0.05, 0) is 37.1 Å². The number of nitrogens with one attached hydrogen (secondary N) is 3. The van der Waals surface area contributed by atoms with E-state index in [0.29, 0.717) is 36.6 Å². The number of aromatic amines is 1. The molecule has 0 aliphatic carbocycles. The quantitative estimate of drug-likeness (QED) is 0.352. The van der Waals surface area contributed by atoms with E-state index in [4.69, 9.17) is 14.7 Å². The van der Waals surface area contributed by atoms with E-state index in [1.54, 1.807) is 13.2 Å². The number of carbonyl (C=O) groups excluding carboxylic acids is 1. The van der Waals surface area contributed by atoms with Crippen LogP contribution >= 0.6 is 0 Å². The molecule has 0 radical (unpaired) electrons. The van der Waals surface area contributed by atoms with Crippen molar-refractivity contribution in [2.45, 2.75) is 18.9 Å². The van der Waals surface area contributed by atoms with Crippen LogP contribution in [0.2, 0.25) is 0 Å². The van der Waals surface area contributed by atoms with Crippen molar-refractivity contribution in [2.24, 2.45) is 0 Å². The van der Waals surface area contributed by atoms with Crippen LogP contribution in [-0.2, 0) is 4.74 Å². The molecule has 1 amide bonds. The Hall–Kier alpha value is -3.99. The zero-order valence-electron chi connectivity index (χ0n) is 18.2. The van der Waals surface area contributed by atoms with Gasteiger partial charge in [0, 0.05) is 38.7 Å². The number of amides is 1. The Morgan fingerprint density at radius 1 is 1.27 bits per heavy atom. The van der Waals surface area contributed by atoms with E-state index in [-0.39, 0.29) is 11.9 Å². The molecule has 1 aliphatic heterocycles. The molecule has 11 heteroatoms.